The minimum Gasteiger partial charge on any atom is -0.398 e. The second kappa shape index (κ2) is 4.87. The van der Waals surface area contributed by atoms with Crippen molar-refractivity contribution in [1.82, 2.24) is 9.55 Å². The van der Waals surface area contributed by atoms with Crippen LogP contribution in [0.5, 0.6) is 0 Å². The molecule has 0 aliphatic heterocycles. The second-order valence-corrected chi connectivity index (χ2v) is 4.00. The molecule has 94 valence electrons. The van der Waals surface area contributed by atoms with Crippen molar-refractivity contribution in [3.8, 4) is 5.69 Å². The number of nitrogens with zero attached hydrogens (tertiary/aromatic N) is 3. The van der Waals surface area contributed by atoms with Crippen LogP contribution in [0.1, 0.15) is 19.2 Å². The Morgan fingerprint density at radius 2 is 2.22 bits per heavy atom. The number of rotatable bonds is 4. The number of imidazole rings is 1. The van der Waals surface area contributed by atoms with Crippen LogP contribution in [0.2, 0.25) is 0 Å². The summed E-state index contributed by atoms with van der Waals surface area (Å²) < 4.78 is 1.83. The molecule has 0 bridgehead atoms. The van der Waals surface area contributed by atoms with Crippen LogP contribution in [0.25, 0.3) is 5.69 Å². The van der Waals surface area contributed by atoms with E-state index in [0.29, 0.717) is 11.4 Å². The zero-order valence-corrected chi connectivity index (χ0v) is 10.0. The molecule has 6 nitrogen and oxygen atoms in total. The van der Waals surface area contributed by atoms with E-state index in [2.05, 4.69) is 11.9 Å². The van der Waals surface area contributed by atoms with Gasteiger partial charge in [0.05, 0.1) is 10.6 Å². The minimum atomic E-state index is -0.448. The van der Waals surface area contributed by atoms with E-state index >= 15 is 0 Å². The van der Waals surface area contributed by atoms with Gasteiger partial charge in [0, 0.05) is 36.6 Å². The zero-order valence-electron chi connectivity index (χ0n) is 10.0. The lowest BCUT2D eigenvalue weighted by Crippen LogP contribution is -2.02. The number of nitrogen functional groups attached to an aromatic ring is 1. The van der Waals surface area contributed by atoms with Crippen LogP contribution < -0.4 is 5.73 Å². The van der Waals surface area contributed by atoms with Crippen LogP contribution >= 0.6 is 0 Å². The molecule has 0 unspecified atom stereocenters. The van der Waals surface area contributed by atoms with E-state index in [9.17, 15) is 10.1 Å². The van der Waals surface area contributed by atoms with Gasteiger partial charge in [0.25, 0.3) is 5.69 Å². The molecule has 1 heterocycles. The van der Waals surface area contributed by atoms with Crippen LogP contribution in [-0.4, -0.2) is 14.5 Å². The molecule has 1 aromatic heterocycles. The Balaban J connectivity index is 2.49. The summed E-state index contributed by atoms with van der Waals surface area (Å²) in [4.78, 5) is 14.6. The highest BCUT2D eigenvalue weighted by atomic mass is 16.6. The summed E-state index contributed by atoms with van der Waals surface area (Å²) in [5.41, 5.74) is 6.72. The van der Waals surface area contributed by atoms with Crippen LogP contribution in [0, 0.1) is 10.1 Å². The Morgan fingerprint density at radius 1 is 1.44 bits per heavy atom. The molecule has 0 fully saturated rings. The summed E-state index contributed by atoms with van der Waals surface area (Å²) in [7, 11) is 0. The molecule has 1 aromatic carbocycles. The highest BCUT2D eigenvalue weighted by molar-refractivity contribution is 5.56. The number of nitro benzene ring substituents is 1. The van der Waals surface area contributed by atoms with Crippen molar-refractivity contribution in [2.24, 2.45) is 0 Å². The number of nitrogens with two attached hydrogens (primary N) is 1. The quantitative estimate of drug-likeness (QED) is 0.509. The van der Waals surface area contributed by atoms with E-state index < -0.39 is 4.92 Å². The predicted molar refractivity (Wildman–Crippen MR) is 68.6 cm³/mol. The smallest absolute Gasteiger partial charge is 0.273 e. The third-order valence-corrected chi connectivity index (χ3v) is 2.60. The Bertz CT molecular complexity index is 577. The van der Waals surface area contributed by atoms with Crippen molar-refractivity contribution in [3.05, 3.63) is 46.5 Å². The van der Waals surface area contributed by atoms with E-state index in [-0.39, 0.29) is 5.69 Å². The van der Waals surface area contributed by atoms with Crippen LogP contribution in [0.15, 0.2) is 30.6 Å². The maximum Gasteiger partial charge on any atom is 0.273 e. The summed E-state index contributed by atoms with van der Waals surface area (Å²) in [6, 6.07) is 4.55. The van der Waals surface area contributed by atoms with Crippen LogP contribution in [0.4, 0.5) is 11.4 Å². The van der Waals surface area contributed by atoms with Crippen molar-refractivity contribution in [2.75, 3.05) is 5.73 Å². The molecule has 0 saturated heterocycles. The maximum absolute atomic E-state index is 10.8. The van der Waals surface area contributed by atoms with Gasteiger partial charge < -0.3 is 10.3 Å². The van der Waals surface area contributed by atoms with E-state index in [0.717, 1.165) is 18.7 Å². The van der Waals surface area contributed by atoms with Crippen molar-refractivity contribution < 1.29 is 4.92 Å². The second-order valence-electron chi connectivity index (χ2n) is 4.00. The molecular formula is C12H14N4O2. The first kappa shape index (κ1) is 12.1. The molecular weight excluding hydrogens is 232 g/mol. The highest BCUT2D eigenvalue weighted by Crippen LogP contribution is 2.22. The third-order valence-electron chi connectivity index (χ3n) is 2.60. The van der Waals surface area contributed by atoms with Crippen molar-refractivity contribution in [3.63, 3.8) is 0 Å². The number of hydrogen-bond donors (Lipinski definition) is 1. The fraction of sp³-hybridized carbons (Fsp3) is 0.250. The molecule has 0 aliphatic rings. The monoisotopic (exact) mass is 246 g/mol. The fourth-order valence-electron chi connectivity index (χ4n) is 1.84. The Hall–Kier alpha value is -2.37. The van der Waals surface area contributed by atoms with Gasteiger partial charge in [0.1, 0.15) is 5.82 Å². The third kappa shape index (κ3) is 2.32. The molecule has 2 N–H and O–H groups in total. The van der Waals surface area contributed by atoms with Gasteiger partial charge in [-0.05, 0) is 12.5 Å². The number of benzene rings is 1. The van der Waals surface area contributed by atoms with Gasteiger partial charge in [-0.1, -0.05) is 6.92 Å². The fourth-order valence-corrected chi connectivity index (χ4v) is 1.84. The number of hydrogen-bond acceptors (Lipinski definition) is 4. The van der Waals surface area contributed by atoms with E-state index in [4.69, 9.17) is 5.73 Å². The zero-order chi connectivity index (χ0) is 13.1. The summed E-state index contributed by atoms with van der Waals surface area (Å²) in [5.74, 6) is 0.873. The SMILES string of the molecule is CCCc1nccn1-c1cc(N)cc([N+](=O)[O-])c1. The van der Waals surface area contributed by atoms with Gasteiger partial charge in [0.2, 0.25) is 0 Å². The largest absolute Gasteiger partial charge is 0.398 e. The lowest BCUT2D eigenvalue weighted by Gasteiger charge is -2.08. The van der Waals surface area contributed by atoms with Gasteiger partial charge in [-0.3, -0.25) is 10.1 Å². The summed E-state index contributed by atoms with van der Waals surface area (Å²) in [6.45, 7) is 2.06. The van der Waals surface area contributed by atoms with Crippen molar-refractivity contribution >= 4 is 11.4 Å². The molecule has 0 atom stereocenters. The van der Waals surface area contributed by atoms with Gasteiger partial charge in [-0.2, -0.15) is 0 Å². The first-order chi connectivity index (χ1) is 8.61. The lowest BCUT2D eigenvalue weighted by molar-refractivity contribution is -0.384. The number of nitro groups is 1. The molecule has 2 aromatic rings. The van der Waals surface area contributed by atoms with Gasteiger partial charge in [-0.25, -0.2) is 4.98 Å². The van der Waals surface area contributed by atoms with E-state index in [1.165, 1.54) is 12.1 Å². The van der Waals surface area contributed by atoms with Crippen molar-refractivity contribution in [1.29, 1.82) is 0 Å². The Morgan fingerprint density at radius 3 is 2.89 bits per heavy atom. The topological polar surface area (TPSA) is 87.0 Å². The molecule has 6 heteroatoms. The van der Waals surface area contributed by atoms with Crippen LogP contribution in [0.3, 0.4) is 0 Å². The molecule has 18 heavy (non-hydrogen) atoms. The minimum absolute atomic E-state index is 0.0128. The molecule has 0 aliphatic carbocycles. The normalized spacial score (nSPS) is 10.5. The molecule has 0 radical (unpaired) electrons. The highest BCUT2D eigenvalue weighted by Gasteiger charge is 2.11. The van der Waals surface area contributed by atoms with Crippen molar-refractivity contribution in [2.45, 2.75) is 19.8 Å². The predicted octanol–water partition coefficient (Wildman–Crippen LogP) is 2.32. The average Bonchev–Trinajstić information content (AvgIpc) is 2.77. The molecule has 2 rings (SSSR count). The summed E-state index contributed by atoms with van der Waals surface area (Å²) >= 11 is 0. The standard InChI is InChI=1S/C12H14N4O2/c1-2-3-12-14-4-5-15(12)10-6-9(13)7-11(8-10)16(17)18/h4-8H,2-3,13H2,1H3. The van der Waals surface area contributed by atoms with Gasteiger partial charge in [-0.15, -0.1) is 0 Å². The first-order valence-electron chi connectivity index (χ1n) is 5.69. The number of aryl methyl sites for hydroxylation is 1. The average molecular weight is 246 g/mol. The summed E-state index contributed by atoms with van der Waals surface area (Å²) in [5, 5.41) is 10.8. The molecule has 0 spiro atoms. The number of anilines is 1. The molecule has 0 amide bonds. The molecule has 0 saturated carbocycles. The van der Waals surface area contributed by atoms with E-state index in [1.54, 1.807) is 18.5 Å². The van der Waals surface area contributed by atoms with Gasteiger partial charge >= 0.3 is 0 Å². The van der Waals surface area contributed by atoms with Gasteiger partial charge in [0.15, 0.2) is 0 Å². The number of non-ortho nitro benzene ring substituents is 1. The van der Waals surface area contributed by atoms with Crippen LogP contribution in [-0.2, 0) is 6.42 Å². The Labute approximate surface area is 104 Å². The maximum atomic E-state index is 10.8. The number of aromatic nitrogens is 2. The summed E-state index contributed by atoms with van der Waals surface area (Å²) in [6.07, 6.45) is 5.24. The Kier molecular flexibility index (Phi) is 3.27. The van der Waals surface area contributed by atoms with E-state index in [1.807, 2.05) is 4.57 Å². The first-order valence-corrected chi connectivity index (χ1v) is 5.69. The lowest BCUT2D eigenvalue weighted by atomic mass is 10.2.